The number of carbonyl (C=O) groups excluding carboxylic acids is 1. The zero-order valence-corrected chi connectivity index (χ0v) is 8.06. The van der Waals surface area contributed by atoms with Crippen LogP contribution >= 0.6 is 0 Å². The summed E-state index contributed by atoms with van der Waals surface area (Å²) in [6.07, 6.45) is 0.408. The number of hydrazine groups is 1. The zero-order chi connectivity index (χ0) is 10.7. The summed E-state index contributed by atoms with van der Waals surface area (Å²) in [5.74, 6) is 4.39. The number of amides is 2. The van der Waals surface area contributed by atoms with Gasteiger partial charge in [0.15, 0.2) is 0 Å². The Hall–Kier alpha value is -1.30. The monoisotopic (exact) mass is 201 g/mol. The molecule has 0 aromatic heterocycles. The molecule has 1 aliphatic rings. The van der Waals surface area contributed by atoms with Crippen LogP contribution in [-0.4, -0.2) is 34.6 Å². The van der Waals surface area contributed by atoms with Crippen LogP contribution in [-0.2, 0) is 4.79 Å². The van der Waals surface area contributed by atoms with Crippen LogP contribution in [0.1, 0.15) is 19.8 Å². The summed E-state index contributed by atoms with van der Waals surface area (Å²) in [5.41, 5.74) is 2.05. The molecule has 0 aliphatic carbocycles. The lowest BCUT2D eigenvalue weighted by atomic mass is 9.93. The molecule has 6 heteroatoms. The van der Waals surface area contributed by atoms with Gasteiger partial charge in [-0.05, 0) is 19.8 Å². The average Bonchev–Trinajstić information content (AvgIpc) is 2.17. The molecule has 1 saturated heterocycles. The molecule has 0 radical (unpaired) electrons. The zero-order valence-electron chi connectivity index (χ0n) is 8.06. The fraction of sp³-hybridized carbons (Fsp3) is 0.750. The minimum atomic E-state index is -0.980. The van der Waals surface area contributed by atoms with Crippen molar-refractivity contribution >= 4 is 12.0 Å². The highest BCUT2D eigenvalue weighted by Crippen LogP contribution is 2.21. The van der Waals surface area contributed by atoms with Gasteiger partial charge in [0, 0.05) is 12.6 Å². The maximum atomic E-state index is 11.2. The van der Waals surface area contributed by atoms with Crippen molar-refractivity contribution in [3.63, 3.8) is 0 Å². The van der Waals surface area contributed by atoms with Crippen molar-refractivity contribution < 1.29 is 14.7 Å². The van der Waals surface area contributed by atoms with Crippen molar-refractivity contribution in [2.75, 3.05) is 6.54 Å². The van der Waals surface area contributed by atoms with Crippen LogP contribution in [0.5, 0.6) is 0 Å². The van der Waals surface area contributed by atoms with E-state index >= 15 is 0 Å². The first-order chi connectivity index (χ1) is 6.56. The van der Waals surface area contributed by atoms with Crippen molar-refractivity contribution in [1.29, 1.82) is 0 Å². The molecule has 80 valence electrons. The Morgan fingerprint density at radius 1 is 1.50 bits per heavy atom. The Bertz CT molecular complexity index is 244. The van der Waals surface area contributed by atoms with E-state index in [9.17, 15) is 9.59 Å². The summed E-state index contributed by atoms with van der Waals surface area (Å²) >= 11 is 0. The van der Waals surface area contributed by atoms with Crippen molar-refractivity contribution in [3.8, 4) is 0 Å². The molecular formula is C8H15N3O3. The summed E-state index contributed by atoms with van der Waals surface area (Å²) in [7, 11) is 0. The predicted molar refractivity (Wildman–Crippen MR) is 49.2 cm³/mol. The smallest absolute Gasteiger partial charge is 0.407 e. The van der Waals surface area contributed by atoms with Crippen molar-refractivity contribution in [1.82, 2.24) is 10.3 Å². The van der Waals surface area contributed by atoms with E-state index in [1.807, 2.05) is 6.92 Å². The van der Waals surface area contributed by atoms with Crippen LogP contribution in [0.25, 0.3) is 0 Å². The standard InChI is InChI=1S/C8H15N3O3/c1-5-2-3-6(7(12)10-9)4-11(5)8(13)14/h5-6H,2-4,9H2,1H3,(H,10,12)(H,13,14)/t5-,6+/m0/s1. The van der Waals surface area contributed by atoms with Gasteiger partial charge in [-0.15, -0.1) is 0 Å². The Morgan fingerprint density at radius 3 is 2.64 bits per heavy atom. The van der Waals surface area contributed by atoms with E-state index in [1.165, 1.54) is 4.90 Å². The maximum absolute atomic E-state index is 11.2. The molecule has 1 fully saturated rings. The molecule has 14 heavy (non-hydrogen) atoms. The first kappa shape index (κ1) is 10.8. The van der Waals surface area contributed by atoms with E-state index in [2.05, 4.69) is 5.43 Å². The molecule has 0 unspecified atom stereocenters. The summed E-state index contributed by atoms with van der Waals surface area (Å²) in [6, 6.07) is -0.0191. The van der Waals surface area contributed by atoms with Crippen LogP contribution in [0, 0.1) is 5.92 Å². The summed E-state index contributed by atoms with van der Waals surface area (Å²) in [5, 5.41) is 8.84. The van der Waals surface area contributed by atoms with E-state index in [-0.39, 0.29) is 24.4 Å². The third kappa shape index (κ3) is 2.14. The lowest BCUT2D eigenvalue weighted by molar-refractivity contribution is -0.126. The number of carboxylic acid groups (broad SMARTS) is 1. The number of nitrogens with one attached hydrogen (secondary N) is 1. The van der Waals surface area contributed by atoms with E-state index in [0.29, 0.717) is 12.8 Å². The second-order valence-electron chi connectivity index (χ2n) is 3.57. The van der Waals surface area contributed by atoms with Gasteiger partial charge in [0.2, 0.25) is 5.91 Å². The van der Waals surface area contributed by atoms with Gasteiger partial charge in [0.25, 0.3) is 0 Å². The fourth-order valence-electron chi connectivity index (χ4n) is 1.71. The van der Waals surface area contributed by atoms with Crippen molar-refractivity contribution in [2.24, 2.45) is 11.8 Å². The number of rotatable bonds is 1. The number of hydrogen-bond donors (Lipinski definition) is 3. The molecule has 1 aliphatic heterocycles. The van der Waals surface area contributed by atoms with Crippen LogP contribution in [0.3, 0.4) is 0 Å². The molecule has 2 amide bonds. The van der Waals surface area contributed by atoms with Crippen molar-refractivity contribution in [2.45, 2.75) is 25.8 Å². The van der Waals surface area contributed by atoms with Crippen LogP contribution < -0.4 is 11.3 Å². The maximum Gasteiger partial charge on any atom is 0.407 e. The second kappa shape index (κ2) is 4.28. The highest BCUT2D eigenvalue weighted by atomic mass is 16.4. The molecule has 2 atom stereocenters. The third-order valence-corrected chi connectivity index (χ3v) is 2.64. The molecule has 0 spiro atoms. The highest BCUT2D eigenvalue weighted by molar-refractivity contribution is 5.79. The van der Waals surface area contributed by atoms with E-state index in [0.717, 1.165) is 0 Å². The fourth-order valence-corrected chi connectivity index (χ4v) is 1.71. The number of hydrogen-bond acceptors (Lipinski definition) is 3. The molecule has 6 nitrogen and oxygen atoms in total. The molecular weight excluding hydrogens is 186 g/mol. The SMILES string of the molecule is C[C@H]1CC[C@@H](C(=O)NN)CN1C(=O)O. The molecule has 1 heterocycles. The molecule has 0 saturated carbocycles. The number of nitrogens with two attached hydrogens (primary N) is 1. The van der Waals surface area contributed by atoms with Crippen LogP contribution in [0.4, 0.5) is 4.79 Å². The third-order valence-electron chi connectivity index (χ3n) is 2.64. The molecule has 1 rings (SSSR count). The topological polar surface area (TPSA) is 95.7 Å². The highest BCUT2D eigenvalue weighted by Gasteiger charge is 2.32. The number of nitrogens with zero attached hydrogens (tertiary/aromatic N) is 1. The Balaban J connectivity index is 2.62. The van der Waals surface area contributed by atoms with Gasteiger partial charge >= 0.3 is 6.09 Å². The minimum Gasteiger partial charge on any atom is -0.465 e. The van der Waals surface area contributed by atoms with Gasteiger partial charge in [-0.2, -0.15) is 0 Å². The van der Waals surface area contributed by atoms with Crippen LogP contribution in [0.15, 0.2) is 0 Å². The van der Waals surface area contributed by atoms with Gasteiger partial charge < -0.3 is 10.0 Å². The van der Waals surface area contributed by atoms with E-state index in [4.69, 9.17) is 10.9 Å². The lowest BCUT2D eigenvalue weighted by Gasteiger charge is -2.34. The Labute approximate surface area is 82.0 Å². The van der Waals surface area contributed by atoms with Crippen LogP contribution in [0.2, 0.25) is 0 Å². The first-order valence-corrected chi connectivity index (χ1v) is 4.56. The molecule has 0 aromatic rings. The number of piperidine rings is 1. The summed E-state index contributed by atoms with van der Waals surface area (Å²) in [6.45, 7) is 2.07. The number of likely N-dealkylation sites (tertiary alicyclic amines) is 1. The normalized spacial score (nSPS) is 27.1. The van der Waals surface area contributed by atoms with Gasteiger partial charge in [-0.3, -0.25) is 10.2 Å². The first-order valence-electron chi connectivity index (χ1n) is 4.56. The minimum absolute atomic E-state index is 0.0191. The summed E-state index contributed by atoms with van der Waals surface area (Å²) in [4.78, 5) is 23.3. The van der Waals surface area contributed by atoms with E-state index in [1.54, 1.807) is 0 Å². The van der Waals surface area contributed by atoms with Gasteiger partial charge in [0.05, 0.1) is 5.92 Å². The average molecular weight is 201 g/mol. The molecule has 4 N–H and O–H groups in total. The quantitative estimate of drug-likeness (QED) is 0.310. The lowest BCUT2D eigenvalue weighted by Crippen LogP contribution is -2.50. The molecule has 0 aromatic carbocycles. The summed E-state index contributed by atoms with van der Waals surface area (Å²) < 4.78 is 0. The Kier molecular flexibility index (Phi) is 3.29. The second-order valence-corrected chi connectivity index (χ2v) is 3.57. The molecule has 0 bridgehead atoms. The van der Waals surface area contributed by atoms with Crippen molar-refractivity contribution in [3.05, 3.63) is 0 Å². The van der Waals surface area contributed by atoms with Gasteiger partial charge in [-0.1, -0.05) is 0 Å². The predicted octanol–water partition coefficient (Wildman–Crippen LogP) is -0.245. The Morgan fingerprint density at radius 2 is 2.14 bits per heavy atom. The largest absolute Gasteiger partial charge is 0.465 e. The van der Waals surface area contributed by atoms with Gasteiger partial charge in [-0.25, -0.2) is 10.6 Å². The number of carbonyl (C=O) groups is 2. The van der Waals surface area contributed by atoms with E-state index < -0.39 is 6.09 Å². The van der Waals surface area contributed by atoms with Gasteiger partial charge in [0.1, 0.15) is 0 Å².